The fourth-order valence-electron chi connectivity index (χ4n) is 2.83. The molecule has 3 aromatic rings. The molecular weight excluding hydrogens is 438 g/mol. The first-order chi connectivity index (χ1) is 13.4. The Balaban J connectivity index is 1.85. The molecule has 0 amide bonds. The SMILES string of the molecule is CCc1ccccc1NCc1cc(Br)ccc1OS(=O)(=O)c1ccc(C)cc1. The highest BCUT2D eigenvalue weighted by atomic mass is 79.9. The summed E-state index contributed by atoms with van der Waals surface area (Å²) in [6.45, 7) is 4.45. The third-order valence-electron chi connectivity index (χ3n) is 4.40. The van der Waals surface area contributed by atoms with Crippen molar-refractivity contribution in [3.05, 3.63) is 87.9 Å². The number of rotatable bonds is 7. The second-order valence-electron chi connectivity index (χ2n) is 6.47. The molecule has 3 rings (SSSR count). The number of hydrogen-bond donors (Lipinski definition) is 1. The van der Waals surface area contributed by atoms with E-state index in [4.69, 9.17) is 4.18 Å². The molecule has 0 aromatic heterocycles. The van der Waals surface area contributed by atoms with Crippen molar-refractivity contribution in [2.45, 2.75) is 31.7 Å². The van der Waals surface area contributed by atoms with E-state index in [0.717, 1.165) is 27.7 Å². The van der Waals surface area contributed by atoms with Gasteiger partial charge in [-0.1, -0.05) is 58.7 Å². The number of nitrogens with one attached hydrogen (secondary N) is 1. The second kappa shape index (κ2) is 8.80. The summed E-state index contributed by atoms with van der Waals surface area (Å²) in [6, 6.07) is 20.0. The molecular formula is C22H22BrNO3S. The van der Waals surface area contributed by atoms with E-state index in [1.54, 1.807) is 36.4 Å². The van der Waals surface area contributed by atoms with E-state index in [2.05, 4.69) is 34.2 Å². The molecule has 0 unspecified atom stereocenters. The van der Waals surface area contributed by atoms with E-state index in [-0.39, 0.29) is 4.90 Å². The van der Waals surface area contributed by atoms with E-state index in [0.29, 0.717) is 12.3 Å². The third-order valence-corrected chi connectivity index (χ3v) is 6.14. The van der Waals surface area contributed by atoms with Crippen LogP contribution in [0.15, 0.2) is 76.1 Å². The largest absolute Gasteiger partial charge is 0.381 e. The molecule has 0 atom stereocenters. The molecule has 6 heteroatoms. The van der Waals surface area contributed by atoms with Gasteiger partial charge >= 0.3 is 10.1 Å². The van der Waals surface area contributed by atoms with Crippen molar-refractivity contribution in [1.29, 1.82) is 0 Å². The van der Waals surface area contributed by atoms with Crippen molar-refractivity contribution in [2.75, 3.05) is 5.32 Å². The molecule has 3 aromatic carbocycles. The Labute approximate surface area is 174 Å². The van der Waals surface area contributed by atoms with E-state index in [1.165, 1.54) is 5.56 Å². The van der Waals surface area contributed by atoms with Gasteiger partial charge in [-0.15, -0.1) is 0 Å². The van der Waals surface area contributed by atoms with Gasteiger partial charge in [0.2, 0.25) is 0 Å². The molecule has 1 N–H and O–H groups in total. The van der Waals surface area contributed by atoms with Gasteiger partial charge in [0.15, 0.2) is 0 Å². The molecule has 4 nitrogen and oxygen atoms in total. The van der Waals surface area contributed by atoms with Crippen LogP contribution >= 0.6 is 15.9 Å². The molecule has 0 aliphatic carbocycles. The van der Waals surface area contributed by atoms with Crippen LogP contribution in [0.3, 0.4) is 0 Å². The molecule has 0 saturated heterocycles. The summed E-state index contributed by atoms with van der Waals surface area (Å²) in [4.78, 5) is 0.135. The lowest BCUT2D eigenvalue weighted by Gasteiger charge is -2.15. The lowest BCUT2D eigenvalue weighted by Crippen LogP contribution is -2.12. The highest BCUT2D eigenvalue weighted by Crippen LogP contribution is 2.28. The van der Waals surface area contributed by atoms with Crippen molar-refractivity contribution in [1.82, 2.24) is 0 Å². The zero-order valence-electron chi connectivity index (χ0n) is 15.8. The molecule has 146 valence electrons. The van der Waals surface area contributed by atoms with Crippen molar-refractivity contribution in [3.63, 3.8) is 0 Å². The Morgan fingerprint density at radius 1 is 0.964 bits per heavy atom. The summed E-state index contributed by atoms with van der Waals surface area (Å²) >= 11 is 3.45. The van der Waals surface area contributed by atoms with Gasteiger partial charge in [-0.2, -0.15) is 8.42 Å². The van der Waals surface area contributed by atoms with Crippen LogP contribution in [0.25, 0.3) is 0 Å². The van der Waals surface area contributed by atoms with Crippen LogP contribution in [0.4, 0.5) is 5.69 Å². The Kier molecular flexibility index (Phi) is 6.42. The summed E-state index contributed by atoms with van der Waals surface area (Å²) in [5.74, 6) is 0.310. The molecule has 0 saturated carbocycles. The zero-order valence-corrected chi connectivity index (χ0v) is 18.2. The van der Waals surface area contributed by atoms with Crippen LogP contribution in [-0.4, -0.2) is 8.42 Å². The molecule has 0 heterocycles. The standard InChI is InChI=1S/C22H22BrNO3S/c1-3-17-6-4-5-7-21(17)24-15-18-14-19(23)10-13-22(18)27-28(25,26)20-11-8-16(2)9-12-20/h4-14,24H,3,15H2,1-2H3. The van der Waals surface area contributed by atoms with Gasteiger partial charge in [-0.25, -0.2) is 0 Å². The van der Waals surface area contributed by atoms with Gasteiger partial charge in [0, 0.05) is 22.3 Å². The zero-order chi connectivity index (χ0) is 20.1. The number of anilines is 1. The van der Waals surface area contributed by atoms with E-state index >= 15 is 0 Å². The van der Waals surface area contributed by atoms with Crippen molar-refractivity contribution in [3.8, 4) is 5.75 Å². The number of hydrogen-bond acceptors (Lipinski definition) is 4. The normalized spacial score (nSPS) is 11.2. The fourth-order valence-corrected chi connectivity index (χ4v) is 4.20. The highest BCUT2D eigenvalue weighted by molar-refractivity contribution is 9.10. The quantitative estimate of drug-likeness (QED) is 0.460. The summed E-state index contributed by atoms with van der Waals surface area (Å²) < 4.78 is 31.7. The van der Waals surface area contributed by atoms with E-state index in [9.17, 15) is 8.42 Å². The minimum Gasteiger partial charge on any atom is -0.381 e. The van der Waals surface area contributed by atoms with Crippen LogP contribution in [-0.2, 0) is 23.1 Å². The van der Waals surface area contributed by atoms with E-state index < -0.39 is 10.1 Å². The Morgan fingerprint density at radius 2 is 1.68 bits per heavy atom. The van der Waals surface area contributed by atoms with Gasteiger partial charge in [-0.05, 0) is 55.3 Å². The predicted molar refractivity (Wildman–Crippen MR) is 116 cm³/mol. The van der Waals surface area contributed by atoms with Gasteiger partial charge in [-0.3, -0.25) is 0 Å². The van der Waals surface area contributed by atoms with Gasteiger partial charge in [0.25, 0.3) is 0 Å². The second-order valence-corrected chi connectivity index (χ2v) is 8.93. The van der Waals surface area contributed by atoms with Crippen molar-refractivity contribution < 1.29 is 12.6 Å². The topological polar surface area (TPSA) is 55.4 Å². The third kappa shape index (κ3) is 4.94. The molecule has 0 aliphatic rings. The van der Waals surface area contributed by atoms with Crippen LogP contribution in [0.2, 0.25) is 0 Å². The van der Waals surface area contributed by atoms with E-state index in [1.807, 2.05) is 31.2 Å². The lowest BCUT2D eigenvalue weighted by molar-refractivity contribution is 0.483. The van der Waals surface area contributed by atoms with Crippen LogP contribution in [0, 0.1) is 6.92 Å². The van der Waals surface area contributed by atoms with Crippen LogP contribution < -0.4 is 9.50 Å². The maximum Gasteiger partial charge on any atom is 0.339 e. The summed E-state index contributed by atoms with van der Waals surface area (Å²) in [5, 5.41) is 3.39. The lowest BCUT2D eigenvalue weighted by atomic mass is 10.1. The average molecular weight is 460 g/mol. The maximum absolute atomic E-state index is 12.7. The van der Waals surface area contributed by atoms with Crippen molar-refractivity contribution in [2.24, 2.45) is 0 Å². The maximum atomic E-state index is 12.7. The number of para-hydroxylation sites is 1. The Morgan fingerprint density at radius 3 is 2.39 bits per heavy atom. The monoisotopic (exact) mass is 459 g/mol. The van der Waals surface area contributed by atoms with Gasteiger partial charge < -0.3 is 9.50 Å². The first-order valence-corrected chi connectivity index (χ1v) is 11.2. The van der Waals surface area contributed by atoms with Crippen molar-refractivity contribution >= 4 is 31.7 Å². The molecule has 28 heavy (non-hydrogen) atoms. The number of aryl methyl sites for hydroxylation is 2. The molecule has 0 fully saturated rings. The summed E-state index contributed by atoms with van der Waals surface area (Å²) in [6.07, 6.45) is 0.910. The Hall–Kier alpha value is -2.31. The first-order valence-electron chi connectivity index (χ1n) is 9.00. The minimum atomic E-state index is -3.90. The molecule has 0 radical (unpaired) electrons. The fraction of sp³-hybridized carbons (Fsp3) is 0.182. The van der Waals surface area contributed by atoms with Crippen LogP contribution in [0.5, 0.6) is 5.75 Å². The summed E-state index contributed by atoms with van der Waals surface area (Å²) in [5.41, 5.74) is 3.96. The summed E-state index contributed by atoms with van der Waals surface area (Å²) in [7, 11) is -3.90. The number of benzene rings is 3. The average Bonchev–Trinajstić information content (AvgIpc) is 2.68. The molecule has 0 aliphatic heterocycles. The minimum absolute atomic E-state index is 0.135. The first kappa shape index (κ1) is 20.4. The smallest absolute Gasteiger partial charge is 0.339 e. The van der Waals surface area contributed by atoms with Gasteiger partial charge in [0.1, 0.15) is 10.6 Å². The predicted octanol–water partition coefficient (Wildman–Crippen LogP) is 5.70. The van der Waals surface area contributed by atoms with Crippen LogP contribution in [0.1, 0.15) is 23.6 Å². The molecule has 0 bridgehead atoms. The highest BCUT2D eigenvalue weighted by Gasteiger charge is 2.18. The number of halogens is 1. The Bertz CT molecular complexity index is 1060. The van der Waals surface area contributed by atoms with Gasteiger partial charge in [0.05, 0.1) is 0 Å². The molecule has 0 spiro atoms.